The van der Waals surface area contributed by atoms with Gasteiger partial charge in [-0.15, -0.1) is 11.3 Å². The van der Waals surface area contributed by atoms with E-state index >= 15 is 0 Å². The molecule has 0 saturated carbocycles. The molecular weight excluding hydrogens is 302 g/mol. The number of nitrogens with zero attached hydrogens (tertiary/aromatic N) is 1. The third-order valence-electron chi connectivity index (χ3n) is 2.42. The number of hydrogen-bond donors (Lipinski definition) is 0. The van der Waals surface area contributed by atoms with Crippen LogP contribution in [-0.4, -0.2) is 19.2 Å². The Hall–Kier alpha value is -1.07. The maximum Gasteiger partial charge on any atom is 0.159 e. The fourth-order valence-corrected chi connectivity index (χ4v) is 3.17. The van der Waals surface area contributed by atoms with Gasteiger partial charge in [-0.2, -0.15) is 0 Å². The summed E-state index contributed by atoms with van der Waals surface area (Å²) in [5.74, 6) is 1.58. The summed E-state index contributed by atoms with van der Waals surface area (Å²) >= 11 is 4.99. The van der Waals surface area contributed by atoms with Gasteiger partial charge < -0.3 is 9.47 Å². The van der Waals surface area contributed by atoms with E-state index in [1.165, 1.54) is 0 Å². The van der Waals surface area contributed by atoms with Crippen molar-refractivity contribution in [3.05, 3.63) is 27.8 Å². The predicted molar refractivity (Wildman–Crippen MR) is 73.1 cm³/mol. The second-order valence-electron chi connectivity index (χ2n) is 3.45. The van der Waals surface area contributed by atoms with Crippen molar-refractivity contribution in [1.82, 2.24) is 4.98 Å². The van der Waals surface area contributed by atoms with Crippen LogP contribution in [0.1, 0.15) is 5.69 Å². The molecule has 0 aliphatic carbocycles. The molecule has 0 unspecified atom stereocenters. The topological polar surface area (TPSA) is 31.4 Å². The largest absolute Gasteiger partial charge is 0.497 e. The third-order valence-corrected chi connectivity index (χ3v) is 4.07. The van der Waals surface area contributed by atoms with Crippen LogP contribution in [0.5, 0.6) is 11.5 Å². The number of methoxy groups -OCH3 is 2. The van der Waals surface area contributed by atoms with Gasteiger partial charge >= 0.3 is 0 Å². The van der Waals surface area contributed by atoms with Gasteiger partial charge in [0.2, 0.25) is 0 Å². The van der Waals surface area contributed by atoms with Crippen molar-refractivity contribution in [2.75, 3.05) is 14.2 Å². The number of ether oxygens (including phenoxy) is 2. The first kappa shape index (κ1) is 12.4. The summed E-state index contributed by atoms with van der Waals surface area (Å²) in [6.45, 7) is 1.99. The summed E-state index contributed by atoms with van der Waals surface area (Å²) in [5.41, 5.74) is 2.03. The highest BCUT2D eigenvalue weighted by atomic mass is 79.9. The molecule has 0 fully saturated rings. The molecule has 3 nitrogen and oxygen atoms in total. The van der Waals surface area contributed by atoms with Crippen LogP contribution in [0.15, 0.2) is 22.1 Å². The van der Waals surface area contributed by atoms with Gasteiger partial charge in [-0.05, 0) is 35.0 Å². The third kappa shape index (κ3) is 2.45. The molecule has 2 rings (SSSR count). The molecule has 0 radical (unpaired) electrons. The zero-order chi connectivity index (χ0) is 12.4. The van der Waals surface area contributed by atoms with E-state index in [4.69, 9.17) is 9.47 Å². The van der Waals surface area contributed by atoms with E-state index < -0.39 is 0 Å². The van der Waals surface area contributed by atoms with Gasteiger partial charge in [0, 0.05) is 11.6 Å². The van der Waals surface area contributed by atoms with Crippen molar-refractivity contribution in [3.8, 4) is 21.9 Å². The first-order valence-electron chi connectivity index (χ1n) is 5.01. The molecule has 0 amide bonds. The van der Waals surface area contributed by atoms with Crippen LogP contribution in [0.3, 0.4) is 0 Å². The van der Waals surface area contributed by atoms with Gasteiger partial charge in [0.05, 0.1) is 24.8 Å². The van der Waals surface area contributed by atoms with Crippen molar-refractivity contribution in [1.29, 1.82) is 0 Å². The predicted octanol–water partition coefficient (Wildman–Crippen LogP) is 3.90. The van der Waals surface area contributed by atoms with Gasteiger partial charge in [-0.25, -0.2) is 4.98 Å². The molecule has 90 valence electrons. The standard InChI is InChI=1S/C12H12BrNO2S/c1-7-11(17-12(13)14-7)9-5-4-8(15-2)6-10(9)16-3/h4-6H,1-3H3. The maximum absolute atomic E-state index is 5.39. The number of thiazole rings is 1. The average molecular weight is 314 g/mol. The number of halogens is 1. The average Bonchev–Trinajstić information content (AvgIpc) is 2.67. The number of aromatic nitrogens is 1. The Balaban J connectivity index is 2.55. The van der Waals surface area contributed by atoms with Crippen molar-refractivity contribution < 1.29 is 9.47 Å². The van der Waals surface area contributed by atoms with Crippen LogP contribution >= 0.6 is 27.3 Å². The van der Waals surface area contributed by atoms with Gasteiger partial charge in [-0.3, -0.25) is 0 Å². The van der Waals surface area contributed by atoms with Crippen LogP contribution < -0.4 is 9.47 Å². The smallest absolute Gasteiger partial charge is 0.159 e. The molecule has 0 spiro atoms. The van der Waals surface area contributed by atoms with Gasteiger partial charge in [0.25, 0.3) is 0 Å². The Morgan fingerprint density at radius 3 is 2.53 bits per heavy atom. The summed E-state index contributed by atoms with van der Waals surface area (Å²) in [4.78, 5) is 5.46. The summed E-state index contributed by atoms with van der Waals surface area (Å²) < 4.78 is 11.4. The monoisotopic (exact) mass is 313 g/mol. The lowest BCUT2D eigenvalue weighted by Crippen LogP contribution is -1.90. The molecule has 2 aromatic rings. The van der Waals surface area contributed by atoms with E-state index in [1.54, 1.807) is 25.6 Å². The summed E-state index contributed by atoms with van der Waals surface area (Å²) in [7, 11) is 3.30. The molecule has 0 atom stereocenters. The quantitative estimate of drug-likeness (QED) is 0.861. The SMILES string of the molecule is COc1ccc(-c2sc(Br)nc2C)c(OC)c1. The van der Waals surface area contributed by atoms with Crippen LogP contribution in [-0.2, 0) is 0 Å². The molecule has 0 bridgehead atoms. The Labute approximate surface area is 113 Å². The van der Waals surface area contributed by atoms with E-state index in [0.29, 0.717) is 0 Å². The van der Waals surface area contributed by atoms with Gasteiger partial charge in [0.15, 0.2) is 3.92 Å². The normalized spacial score (nSPS) is 10.4. The van der Waals surface area contributed by atoms with Gasteiger partial charge in [-0.1, -0.05) is 0 Å². The lowest BCUT2D eigenvalue weighted by Gasteiger charge is -2.09. The molecule has 17 heavy (non-hydrogen) atoms. The molecule has 1 aromatic heterocycles. The molecule has 0 aliphatic heterocycles. The number of rotatable bonds is 3. The van der Waals surface area contributed by atoms with Crippen molar-refractivity contribution in [2.45, 2.75) is 6.92 Å². The summed E-state index contributed by atoms with van der Waals surface area (Å²) in [5, 5.41) is 0. The lowest BCUT2D eigenvalue weighted by molar-refractivity contribution is 0.395. The number of benzene rings is 1. The maximum atomic E-state index is 5.39. The molecule has 0 saturated heterocycles. The minimum atomic E-state index is 0.784. The van der Waals surface area contributed by atoms with Crippen LogP contribution in [0, 0.1) is 6.92 Å². The number of aryl methyl sites for hydroxylation is 1. The minimum absolute atomic E-state index is 0.784. The highest BCUT2D eigenvalue weighted by Crippen LogP contribution is 2.39. The molecule has 1 heterocycles. The van der Waals surface area contributed by atoms with E-state index in [1.807, 2.05) is 25.1 Å². The van der Waals surface area contributed by atoms with Crippen LogP contribution in [0.4, 0.5) is 0 Å². The Morgan fingerprint density at radius 2 is 2.00 bits per heavy atom. The van der Waals surface area contributed by atoms with E-state index in [9.17, 15) is 0 Å². The van der Waals surface area contributed by atoms with Gasteiger partial charge in [0.1, 0.15) is 11.5 Å². The molecule has 1 aromatic carbocycles. The van der Waals surface area contributed by atoms with Crippen LogP contribution in [0.25, 0.3) is 10.4 Å². The summed E-state index contributed by atoms with van der Waals surface area (Å²) in [6.07, 6.45) is 0. The van der Waals surface area contributed by atoms with Crippen molar-refractivity contribution >= 4 is 27.3 Å². The fraction of sp³-hybridized carbons (Fsp3) is 0.250. The first-order valence-corrected chi connectivity index (χ1v) is 6.62. The van der Waals surface area contributed by atoms with E-state index in [-0.39, 0.29) is 0 Å². The van der Waals surface area contributed by atoms with Crippen molar-refractivity contribution in [3.63, 3.8) is 0 Å². The lowest BCUT2D eigenvalue weighted by atomic mass is 10.1. The highest BCUT2D eigenvalue weighted by molar-refractivity contribution is 9.11. The molecule has 5 heteroatoms. The second kappa shape index (κ2) is 5.06. The number of hydrogen-bond acceptors (Lipinski definition) is 4. The van der Waals surface area contributed by atoms with Crippen LogP contribution in [0.2, 0.25) is 0 Å². The van der Waals surface area contributed by atoms with E-state index in [0.717, 1.165) is 31.6 Å². The minimum Gasteiger partial charge on any atom is -0.497 e. The zero-order valence-corrected chi connectivity index (χ0v) is 12.2. The Bertz CT molecular complexity index is 539. The Morgan fingerprint density at radius 1 is 1.24 bits per heavy atom. The molecule has 0 N–H and O–H groups in total. The zero-order valence-electron chi connectivity index (χ0n) is 9.78. The van der Waals surface area contributed by atoms with E-state index in [2.05, 4.69) is 20.9 Å². The Kier molecular flexibility index (Phi) is 3.69. The second-order valence-corrected chi connectivity index (χ2v) is 5.72. The highest BCUT2D eigenvalue weighted by Gasteiger charge is 2.13. The fourth-order valence-electron chi connectivity index (χ4n) is 1.60. The first-order chi connectivity index (χ1) is 8.15. The molecular formula is C12H12BrNO2S. The molecule has 0 aliphatic rings. The summed E-state index contributed by atoms with van der Waals surface area (Å²) in [6, 6.07) is 5.79. The van der Waals surface area contributed by atoms with Crippen molar-refractivity contribution in [2.24, 2.45) is 0 Å².